The van der Waals surface area contributed by atoms with Crippen LogP contribution in [-0.4, -0.2) is 48.4 Å². The number of rotatable bonds is 11. The summed E-state index contributed by atoms with van der Waals surface area (Å²) >= 11 is 15.1. The minimum absolute atomic E-state index is 0.328. The Balaban J connectivity index is 1.41. The van der Waals surface area contributed by atoms with E-state index >= 15 is 0 Å². The Morgan fingerprint density at radius 2 is 1.17 bits per heavy atom. The van der Waals surface area contributed by atoms with Gasteiger partial charge in [-0.15, -0.1) is 0 Å². The molecule has 0 aliphatic heterocycles. The van der Waals surface area contributed by atoms with E-state index in [-0.39, 0.29) is 0 Å². The second-order valence-corrected chi connectivity index (χ2v) is 9.09. The zero-order valence-electron chi connectivity index (χ0n) is 16.1. The van der Waals surface area contributed by atoms with Gasteiger partial charge < -0.3 is 9.47 Å². The Kier molecular flexibility index (Phi) is 11.7. The molecule has 2 aromatic rings. The largest absolute Gasteiger partial charge is 0.448 e. The molecule has 0 bridgehead atoms. The first kappa shape index (κ1) is 24.5. The lowest BCUT2D eigenvalue weighted by Crippen LogP contribution is -2.15. The Morgan fingerprint density at radius 3 is 1.57 bits per heavy atom. The molecule has 2 amide bonds. The second kappa shape index (κ2) is 14.3. The molecule has 0 unspecified atom stereocenters. The molecule has 10 heteroatoms. The summed E-state index contributed by atoms with van der Waals surface area (Å²) in [4.78, 5) is 23.3. The van der Waals surface area contributed by atoms with Crippen LogP contribution in [0.15, 0.2) is 48.5 Å². The standard InChI is InChI=1S/C20H22Cl2N2O4S2/c21-15-3-1-5-17(13-15)23-19(25)27-7-9-29-11-12-30-10-8-28-20(26)24-18-6-2-4-16(22)14-18/h1-6,13-14H,7-12H2,(H,23,25)(H,24,26). The predicted molar refractivity (Wildman–Crippen MR) is 127 cm³/mol. The molecule has 2 rings (SSSR count). The number of nitrogens with one attached hydrogen (secondary N) is 2. The van der Waals surface area contributed by atoms with Crippen molar-refractivity contribution < 1.29 is 19.1 Å². The number of carbonyl (C=O) groups excluding carboxylic acids is 2. The summed E-state index contributed by atoms with van der Waals surface area (Å²) in [5, 5.41) is 6.34. The average molecular weight is 489 g/mol. The molecule has 0 heterocycles. The molecule has 0 fully saturated rings. The maximum Gasteiger partial charge on any atom is 0.411 e. The van der Waals surface area contributed by atoms with Gasteiger partial charge in [-0.05, 0) is 36.4 Å². The molecule has 162 valence electrons. The van der Waals surface area contributed by atoms with Crippen molar-refractivity contribution in [1.82, 2.24) is 0 Å². The highest BCUT2D eigenvalue weighted by Gasteiger charge is 2.04. The van der Waals surface area contributed by atoms with E-state index in [2.05, 4.69) is 10.6 Å². The number of ether oxygens (including phenoxy) is 2. The fourth-order valence-corrected chi connectivity index (χ4v) is 4.28. The minimum Gasteiger partial charge on any atom is -0.448 e. The van der Waals surface area contributed by atoms with Crippen LogP contribution in [0.4, 0.5) is 21.0 Å². The number of hydrogen-bond acceptors (Lipinski definition) is 6. The van der Waals surface area contributed by atoms with Crippen molar-refractivity contribution in [2.45, 2.75) is 0 Å². The third-order valence-electron chi connectivity index (χ3n) is 3.44. The number of anilines is 2. The van der Waals surface area contributed by atoms with Gasteiger partial charge in [0.15, 0.2) is 0 Å². The Labute approximate surface area is 194 Å². The van der Waals surface area contributed by atoms with Crippen LogP contribution in [0.1, 0.15) is 0 Å². The van der Waals surface area contributed by atoms with Gasteiger partial charge in [-0.1, -0.05) is 35.3 Å². The zero-order chi connectivity index (χ0) is 21.6. The third kappa shape index (κ3) is 10.9. The zero-order valence-corrected chi connectivity index (χ0v) is 19.2. The van der Waals surface area contributed by atoms with E-state index in [4.69, 9.17) is 32.7 Å². The van der Waals surface area contributed by atoms with E-state index in [9.17, 15) is 9.59 Å². The summed E-state index contributed by atoms with van der Waals surface area (Å²) in [6.07, 6.45) is -0.999. The molecule has 0 spiro atoms. The van der Waals surface area contributed by atoms with Gasteiger partial charge in [0.2, 0.25) is 0 Å². The molecule has 6 nitrogen and oxygen atoms in total. The van der Waals surface area contributed by atoms with Gasteiger partial charge >= 0.3 is 12.2 Å². The number of benzene rings is 2. The SMILES string of the molecule is O=C(Nc1cccc(Cl)c1)OCCSCCSCCOC(=O)Nc1cccc(Cl)c1. The monoisotopic (exact) mass is 488 g/mol. The molecule has 0 aliphatic rings. The summed E-state index contributed by atoms with van der Waals surface area (Å²) in [6, 6.07) is 13.8. The molecule has 0 radical (unpaired) electrons. The number of hydrogen-bond donors (Lipinski definition) is 2. The summed E-state index contributed by atoms with van der Waals surface area (Å²) in [6.45, 7) is 0.656. The molecule has 0 aliphatic carbocycles. The fraction of sp³-hybridized carbons (Fsp3) is 0.300. The summed E-state index contributed by atoms with van der Waals surface area (Å²) in [7, 11) is 0. The van der Waals surface area contributed by atoms with E-state index in [0.29, 0.717) is 46.1 Å². The van der Waals surface area contributed by atoms with Crippen molar-refractivity contribution in [2.24, 2.45) is 0 Å². The normalized spacial score (nSPS) is 10.3. The van der Waals surface area contributed by atoms with E-state index in [0.717, 1.165) is 11.5 Å². The molecule has 2 N–H and O–H groups in total. The molecule has 0 atom stereocenters. The lowest BCUT2D eigenvalue weighted by atomic mass is 10.3. The Hall–Kier alpha value is -1.74. The highest BCUT2D eigenvalue weighted by Crippen LogP contribution is 2.16. The number of thioether (sulfide) groups is 2. The van der Waals surface area contributed by atoms with Gasteiger partial charge in [0.25, 0.3) is 0 Å². The average Bonchev–Trinajstić information content (AvgIpc) is 2.69. The molecule has 30 heavy (non-hydrogen) atoms. The molecular formula is C20H22Cl2N2O4S2. The van der Waals surface area contributed by atoms with Gasteiger partial charge in [-0.25, -0.2) is 9.59 Å². The van der Waals surface area contributed by atoms with Crippen LogP contribution in [0.5, 0.6) is 0 Å². The Morgan fingerprint density at radius 1 is 0.733 bits per heavy atom. The smallest absolute Gasteiger partial charge is 0.411 e. The summed E-state index contributed by atoms with van der Waals surface area (Å²) < 4.78 is 10.2. The van der Waals surface area contributed by atoms with Gasteiger partial charge in [0, 0.05) is 44.4 Å². The number of amides is 2. The maximum absolute atomic E-state index is 11.7. The summed E-state index contributed by atoms with van der Waals surface area (Å²) in [5.41, 5.74) is 1.19. The summed E-state index contributed by atoms with van der Waals surface area (Å²) in [5.74, 6) is 3.25. The van der Waals surface area contributed by atoms with Crippen molar-refractivity contribution in [3.8, 4) is 0 Å². The molecule has 0 aromatic heterocycles. The lowest BCUT2D eigenvalue weighted by Gasteiger charge is -2.08. The highest BCUT2D eigenvalue weighted by atomic mass is 35.5. The molecule has 0 saturated carbocycles. The van der Waals surface area contributed by atoms with Gasteiger partial charge in [0.1, 0.15) is 13.2 Å². The predicted octanol–water partition coefficient (Wildman–Crippen LogP) is 6.26. The van der Waals surface area contributed by atoms with Crippen LogP contribution in [0.2, 0.25) is 10.0 Å². The lowest BCUT2D eigenvalue weighted by molar-refractivity contribution is 0.168. The van der Waals surface area contributed by atoms with Crippen LogP contribution in [0, 0.1) is 0 Å². The molecule has 0 saturated heterocycles. The van der Waals surface area contributed by atoms with E-state index in [1.54, 1.807) is 72.1 Å². The van der Waals surface area contributed by atoms with Crippen LogP contribution in [0.25, 0.3) is 0 Å². The minimum atomic E-state index is -0.500. The molecule has 2 aromatic carbocycles. The van der Waals surface area contributed by atoms with Crippen LogP contribution in [-0.2, 0) is 9.47 Å². The first-order valence-electron chi connectivity index (χ1n) is 9.07. The maximum atomic E-state index is 11.7. The van der Waals surface area contributed by atoms with Crippen molar-refractivity contribution in [1.29, 1.82) is 0 Å². The fourth-order valence-electron chi connectivity index (χ4n) is 2.15. The topological polar surface area (TPSA) is 76.7 Å². The second-order valence-electron chi connectivity index (χ2n) is 5.77. The van der Waals surface area contributed by atoms with E-state index in [1.807, 2.05) is 0 Å². The first-order chi connectivity index (χ1) is 14.5. The van der Waals surface area contributed by atoms with E-state index in [1.165, 1.54) is 0 Å². The molecular weight excluding hydrogens is 467 g/mol. The van der Waals surface area contributed by atoms with E-state index < -0.39 is 12.2 Å². The van der Waals surface area contributed by atoms with Crippen molar-refractivity contribution in [2.75, 3.05) is 46.9 Å². The quantitative estimate of drug-likeness (QED) is 0.363. The van der Waals surface area contributed by atoms with Gasteiger partial charge in [-0.2, -0.15) is 23.5 Å². The Bertz CT molecular complexity index is 759. The first-order valence-corrected chi connectivity index (χ1v) is 12.1. The number of carbonyl (C=O) groups is 2. The van der Waals surface area contributed by atoms with Crippen LogP contribution in [0.3, 0.4) is 0 Å². The van der Waals surface area contributed by atoms with Crippen molar-refractivity contribution in [3.05, 3.63) is 58.6 Å². The van der Waals surface area contributed by atoms with Crippen LogP contribution >= 0.6 is 46.7 Å². The highest BCUT2D eigenvalue weighted by molar-refractivity contribution is 8.02. The third-order valence-corrected chi connectivity index (χ3v) is 6.06. The van der Waals surface area contributed by atoms with Gasteiger partial charge in [-0.3, -0.25) is 10.6 Å². The van der Waals surface area contributed by atoms with Crippen LogP contribution < -0.4 is 10.6 Å². The number of halogens is 2. The van der Waals surface area contributed by atoms with Crippen molar-refractivity contribution in [3.63, 3.8) is 0 Å². The van der Waals surface area contributed by atoms with Gasteiger partial charge in [0.05, 0.1) is 0 Å². The van der Waals surface area contributed by atoms with Crippen molar-refractivity contribution >= 4 is 70.3 Å².